The molecule has 1 aliphatic carbocycles. The molecular formula is C27H21F4N7. The van der Waals surface area contributed by atoms with Gasteiger partial charge in [-0.2, -0.15) is 18.2 Å². The average Bonchev–Trinajstić information content (AvgIpc) is 3.51. The summed E-state index contributed by atoms with van der Waals surface area (Å²) in [5.74, 6) is -0.229. The van der Waals surface area contributed by atoms with Crippen LogP contribution in [0, 0.1) is 5.82 Å². The van der Waals surface area contributed by atoms with Crippen LogP contribution in [0.1, 0.15) is 18.4 Å². The molecule has 1 fully saturated rings. The molecule has 0 radical (unpaired) electrons. The van der Waals surface area contributed by atoms with Crippen LogP contribution in [0.2, 0.25) is 0 Å². The molecule has 0 unspecified atom stereocenters. The Labute approximate surface area is 214 Å². The third kappa shape index (κ3) is 4.62. The molecule has 0 aliphatic heterocycles. The van der Waals surface area contributed by atoms with E-state index < -0.39 is 17.5 Å². The molecule has 0 saturated heterocycles. The van der Waals surface area contributed by atoms with Gasteiger partial charge in [0, 0.05) is 30.2 Å². The Hall–Kier alpha value is -4.54. The zero-order chi connectivity index (χ0) is 26.3. The number of halogens is 4. The van der Waals surface area contributed by atoms with Crippen LogP contribution >= 0.6 is 0 Å². The number of pyridine rings is 1. The topological polar surface area (TPSA) is 80.5 Å². The van der Waals surface area contributed by atoms with Crippen LogP contribution in [0.25, 0.3) is 28.0 Å². The summed E-state index contributed by atoms with van der Waals surface area (Å²) in [6.07, 6.45) is 0.697. The van der Waals surface area contributed by atoms with E-state index in [4.69, 9.17) is 0 Å². The smallest absolute Gasteiger partial charge is 0.354 e. The van der Waals surface area contributed by atoms with E-state index in [1.807, 2.05) is 35.0 Å². The second-order valence-corrected chi connectivity index (χ2v) is 9.16. The number of nitrogens with one attached hydrogen (secondary N) is 2. The van der Waals surface area contributed by atoms with E-state index in [1.165, 1.54) is 12.1 Å². The summed E-state index contributed by atoms with van der Waals surface area (Å²) >= 11 is 0. The Morgan fingerprint density at radius 3 is 2.32 bits per heavy atom. The van der Waals surface area contributed by atoms with E-state index in [2.05, 4.69) is 30.6 Å². The van der Waals surface area contributed by atoms with E-state index in [0.717, 1.165) is 11.3 Å². The largest absolute Gasteiger partial charge is 0.411 e. The number of nitrogens with zero attached hydrogens (tertiary/aromatic N) is 5. The zero-order valence-electron chi connectivity index (χ0n) is 19.9. The van der Waals surface area contributed by atoms with Crippen LogP contribution < -0.4 is 10.6 Å². The van der Waals surface area contributed by atoms with Crippen LogP contribution in [-0.4, -0.2) is 36.2 Å². The van der Waals surface area contributed by atoms with Crippen LogP contribution in [-0.2, 0) is 6.54 Å². The highest BCUT2D eigenvalue weighted by atomic mass is 19.4. The summed E-state index contributed by atoms with van der Waals surface area (Å²) < 4.78 is 56.6. The highest BCUT2D eigenvalue weighted by Crippen LogP contribution is 2.51. The van der Waals surface area contributed by atoms with Gasteiger partial charge in [-0.15, -0.1) is 0 Å². The second kappa shape index (κ2) is 9.09. The van der Waals surface area contributed by atoms with Gasteiger partial charge in [0.15, 0.2) is 5.82 Å². The summed E-state index contributed by atoms with van der Waals surface area (Å²) in [4.78, 5) is 17.5. The first-order valence-corrected chi connectivity index (χ1v) is 11.9. The Morgan fingerprint density at radius 1 is 0.895 bits per heavy atom. The number of rotatable bonds is 7. The molecule has 3 heterocycles. The van der Waals surface area contributed by atoms with Gasteiger partial charge in [-0.3, -0.25) is 0 Å². The number of aromatic nitrogens is 5. The number of fused-ring (bicyclic) bond motifs is 1. The van der Waals surface area contributed by atoms with Gasteiger partial charge in [0.25, 0.3) is 0 Å². The lowest BCUT2D eigenvalue weighted by Crippen LogP contribution is -2.39. The maximum Gasteiger partial charge on any atom is 0.411 e. The zero-order valence-corrected chi connectivity index (χ0v) is 19.9. The quantitative estimate of drug-likeness (QED) is 0.252. The first-order valence-electron chi connectivity index (χ1n) is 11.9. The number of benzene rings is 2. The Morgan fingerprint density at radius 2 is 1.66 bits per heavy atom. The molecular weight excluding hydrogens is 498 g/mol. The summed E-state index contributed by atoms with van der Waals surface area (Å²) in [7, 11) is 0. The van der Waals surface area contributed by atoms with Crippen molar-refractivity contribution in [3.8, 4) is 16.9 Å². The predicted molar refractivity (Wildman–Crippen MR) is 135 cm³/mol. The van der Waals surface area contributed by atoms with Crippen LogP contribution in [0.3, 0.4) is 0 Å². The molecule has 2 aromatic carbocycles. The standard InChI is InChI=1S/C27H21F4N7/c28-19-5-3-18(4-6-19)21-9-10-22-23(34-21)24(37-26(11-12-26)27(29,30)31)36-25(35-22)33-15-17-1-7-20(8-2-17)38-14-13-32-16-38/h1-10,13-14,16H,11-12,15H2,(H2,33,35,36,37). The predicted octanol–water partition coefficient (Wildman–Crippen LogP) is 6.14. The molecule has 5 aromatic rings. The molecule has 7 nitrogen and oxygen atoms in total. The lowest BCUT2D eigenvalue weighted by Gasteiger charge is -2.22. The minimum atomic E-state index is -4.44. The van der Waals surface area contributed by atoms with Crippen LogP contribution in [0.15, 0.2) is 79.4 Å². The van der Waals surface area contributed by atoms with Gasteiger partial charge in [-0.05, 0) is 66.9 Å². The molecule has 0 atom stereocenters. The highest BCUT2D eigenvalue weighted by molar-refractivity contribution is 5.88. The van der Waals surface area contributed by atoms with E-state index in [1.54, 1.807) is 36.8 Å². The molecule has 0 bridgehead atoms. The number of alkyl halides is 3. The average molecular weight is 520 g/mol. The van der Waals surface area contributed by atoms with Crippen molar-refractivity contribution in [2.75, 3.05) is 10.6 Å². The first-order chi connectivity index (χ1) is 18.3. The Bertz CT molecular complexity index is 1580. The van der Waals surface area contributed by atoms with Crippen molar-refractivity contribution < 1.29 is 17.6 Å². The maximum absolute atomic E-state index is 13.8. The number of imidazole rings is 1. The third-order valence-electron chi connectivity index (χ3n) is 6.52. The summed E-state index contributed by atoms with van der Waals surface area (Å²) in [5, 5.41) is 5.73. The number of hydrogen-bond donors (Lipinski definition) is 2. The van der Waals surface area contributed by atoms with E-state index in [0.29, 0.717) is 23.3 Å². The monoisotopic (exact) mass is 519 g/mol. The van der Waals surface area contributed by atoms with Gasteiger partial charge in [0.1, 0.15) is 16.9 Å². The van der Waals surface area contributed by atoms with Crippen molar-refractivity contribution in [3.05, 3.63) is 90.8 Å². The molecule has 2 N–H and O–H groups in total. The van der Waals surface area contributed by atoms with Crippen molar-refractivity contribution >= 4 is 22.8 Å². The highest BCUT2D eigenvalue weighted by Gasteiger charge is 2.64. The minimum absolute atomic E-state index is 0.00765. The van der Waals surface area contributed by atoms with Gasteiger partial charge < -0.3 is 15.2 Å². The fourth-order valence-corrected chi connectivity index (χ4v) is 4.17. The lowest BCUT2D eigenvalue weighted by atomic mass is 10.1. The summed E-state index contributed by atoms with van der Waals surface area (Å²) in [6.45, 7) is 0.362. The number of anilines is 2. The summed E-state index contributed by atoms with van der Waals surface area (Å²) in [5.41, 5.74) is 1.52. The van der Waals surface area contributed by atoms with Gasteiger partial charge in [0.2, 0.25) is 5.95 Å². The molecule has 192 valence electrons. The molecule has 11 heteroatoms. The molecule has 38 heavy (non-hydrogen) atoms. The third-order valence-corrected chi connectivity index (χ3v) is 6.52. The van der Waals surface area contributed by atoms with Crippen molar-refractivity contribution in [3.63, 3.8) is 0 Å². The van der Waals surface area contributed by atoms with Crippen LogP contribution in [0.4, 0.5) is 29.3 Å². The molecule has 0 amide bonds. The molecule has 0 spiro atoms. The van der Waals surface area contributed by atoms with Gasteiger partial charge >= 0.3 is 6.18 Å². The van der Waals surface area contributed by atoms with E-state index in [-0.39, 0.29) is 30.1 Å². The molecule has 6 rings (SSSR count). The fraction of sp³-hybridized carbons (Fsp3) is 0.185. The van der Waals surface area contributed by atoms with Crippen molar-refractivity contribution in [1.29, 1.82) is 0 Å². The lowest BCUT2D eigenvalue weighted by molar-refractivity contribution is -0.151. The van der Waals surface area contributed by atoms with Crippen molar-refractivity contribution in [2.24, 2.45) is 0 Å². The normalized spacial score (nSPS) is 14.4. The Kier molecular flexibility index (Phi) is 5.70. The first kappa shape index (κ1) is 23.8. The van der Waals surface area contributed by atoms with Gasteiger partial charge in [-0.25, -0.2) is 19.3 Å². The Balaban J connectivity index is 1.32. The second-order valence-electron chi connectivity index (χ2n) is 9.16. The van der Waals surface area contributed by atoms with E-state index in [9.17, 15) is 17.6 Å². The molecule has 1 aliphatic rings. The van der Waals surface area contributed by atoms with Gasteiger partial charge in [-0.1, -0.05) is 12.1 Å². The maximum atomic E-state index is 13.8. The SMILES string of the molecule is Fc1ccc(-c2ccc3nc(NCc4ccc(-n5ccnc5)cc4)nc(NC4(C(F)(F)F)CC4)c3n2)cc1. The number of hydrogen-bond acceptors (Lipinski definition) is 6. The summed E-state index contributed by atoms with van der Waals surface area (Å²) in [6, 6.07) is 16.8. The van der Waals surface area contributed by atoms with Crippen LogP contribution in [0.5, 0.6) is 0 Å². The van der Waals surface area contributed by atoms with Crippen molar-refractivity contribution in [1.82, 2.24) is 24.5 Å². The minimum Gasteiger partial charge on any atom is -0.354 e. The molecule has 3 aromatic heterocycles. The van der Waals surface area contributed by atoms with E-state index >= 15 is 0 Å². The molecule has 1 saturated carbocycles. The van der Waals surface area contributed by atoms with Gasteiger partial charge in [0.05, 0.1) is 17.5 Å². The fourth-order valence-electron chi connectivity index (χ4n) is 4.17. The van der Waals surface area contributed by atoms with Crippen molar-refractivity contribution in [2.45, 2.75) is 31.1 Å².